The molecule has 0 heterocycles. The molecular formula is C15H23NO2S. The Kier molecular flexibility index (Phi) is 3.76. The molecule has 2 unspecified atom stereocenters. The predicted octanol–water partition coefficient (Wildman–Crippen LogP) is 2.46. The van der Waals surface area contributed by atoms with Gasteiger partial charge in [0.2, 0.25) is 0 Å². The minimum absolute atomic E-state index is 0.0219. The van der Waals surface area contributed by atoms with Gasteiger partial charge in [0.05, 0.1) is 10.5 Å². The summed E-state index contributed by atoms with van der Waals surface area (Å²) in [7, 11) is -3.05. The Morgan fingerprint density at radius 1 is 1.26 bits per heavy atom. The van der Waals surface area contributed by atoms with Crippen LogP contribution in [-0.4, -0.2) is 18.9 Å². The summed E-state index contributed by atoms with van der Waals surface area (Å²) in [6.45, 7) is 5.27. The molecule has 2 rings (SSSR count). The fourth-order valence-electron chi connectivity index (χ4n) is 2.60. The molecule has 1 aliphatic carbocycles. The van der Waals surface area contributed by atoms with Crippen LogP contribution in [0.2, 0.25) is 0 Å². The Morgan fingerprint density at radius 2 is 1.89 bits per heavy atom. The van der Waals surface area contributed by atoms with Crippen molar-refractivity contribution in [1.29, 1.82) is 0 Å². The summed E-state index contributed by atoms with van der Waals surface area (Å²) in [5.74, 6) is 0.470. The lowest BCUT2D eigenvalue weighted by Gasteiger charge is -2.22. The number of sulfone groups is 1. The van der Waals surface area contributed by atoms with Gasteiger partial charge >= 0.3 is 0 Å². The number of rotatable bonds is 3. The minimum Gasteiger partial charge on any atom is -0.324 e. The second kappa shape index (κ2) is 4.91. The third-order valence-corrected chi connectivity index (χ3v) is 6.73. The van der Waals surface area contributed by atoms with Gasteiger partial charge in [-0.1, -0.05) is 24.3 Å². The van der Waals surface area contributed by atoms with E-state index in [1.807, 2.05) is 12.1 Å². The zero-order chi connectivity index (χ0) is 14.3. The fourth-order valence-corrected chi connectivity index (χ4v) is 3.83. The first-order valence-corrected chi connectivity index (χ1v) is 8.43. The lowest BCUT2D eigenvalue weighted by Crippen LogP contribution is -2.32. The van der Waals surface area contributed by atoms with Crippen molar-refractivity contribution in [3.8, 4) is 0 Å². The van der Waals surface area contributed by atoms with Crippen LogP contribution >= 0.6 is 0 Å². The van der Waals surface area contributed by atoms with E-state index < -0.39 is 14.6 Å². The van der Waals surface area contributed by atoms with E-state index in [1.165, 1.54) is 11.1 Å². The second-order valence-electron chi connectivity index (χ2n) is 6.41. The smallest absolute Gasteiger partial charge is 0.155 e. The van der Waals surface area contributed by atoms with Crippen LogP contribution in [0.3, 0.4) is 0 Å². The highest BCUT2D eigenvalue weighted by molar-refractivity contribution is 7.92. The molecule has 0 bridgehead atoms. The monoisotopic (exact) mass is 281 g/mol. The largest absolute Gasteiger partial charge is 0.324 e. The van der Waals surface area contributed by atoms with Crippen LogP contribution in [0.1, 0.15) is 44.4 Å². The van der Waals surface area contributed by atoms with Gasteiger partial charge in [0.1, 0.15) is 0 Å². The Balaban J connectivity index is 2.05. The molecule has 0 amide bonds. The molecule has 1 aliphatic rings. The van der Waals surface area contributed by atoms with Gasteiger partial charge in [-0.15, -0.1) is 0 Å². The van der Waals surface area contributed by atoms with Gasteiger partial charge in [0.25, 0.3) is 0 Å². The van der Waals surface area contributed by atoms with Crippen molar-refractivity contribution in [2.75, 3.05) is 5.75 Å². The van der Waals surface area contributed by atoms with Crippen molar-refractivity contribution >= 4 is 9.84 Å². The van der Waals surface area contributed by atoms with Crippen LogP contribution in [0, 0.1) is 5.92 Å². The highest BCUT2D eigenvalue weighted by Crippen LogP contribution is 2.36. The van der Waals surface area contributed by atoms with Crippen molar-refractivity contribution in [3.05, 3.63) is 35.4 Å². The van der Waals surface area contributed by atoms with Crippen LogP contribution in [0.25, 0.3) is 0 Å². The van der Waals surface area contributed by atoms with Gasteiger partial charge in [-0.25, -0.2) is 8.42 Å². The van der Waals surface area contributed by atoms with Crippen LogP contribution in [-0.2, 0) is 16.3 Å². The van der Waals surface area contributed by atoms with E-state index in [0.29, 0.717) is 6.42 Å². The molecule has 0 fully saturated rings. The summed E-state index contributed by atoms with van der Waals surface area (Å²) in [6.07, 6.45) is 1.55. The first-order chi connectivity index (χ1) is 8.72. The summed E-state index contributed by atoms with van der Waals surface area (Å²) in [4.78, 5) is 0. The lowest BCUT2D eigenvalue weighted by molar-refractivity contribution is 0.448. The maximum atomic E-state index is 12.1. The normalized spacial score (nSPS) is 23.4. The molecule has 4 heteroatoms. The average molecular weight is 281 g/mol. The highest BCUT2D eigenvalue weighted by atomic mass is 32.2. The minimum atomic E-state index is -3.05. The first kappa shape index (κ1) is 14.5. The third kappa shape index (κ3) is 2.84. The van der Waals surface area contributed by atoms with E-state index in [9.17, 15) is 8.42 Å². The summed E-state index contributed by atoms with van der Waals surface area (Å²) in [5.41, 5.74) is 8.69. The zero-order valence-electron chi connectivity index (χ0n) is 11.9. The molecule has 0 aliphatic heterocycles. The van der Waals surface area contributed by atoms with Gasteiger partial charge in [-0.2, -0.15) is 0 Å². The number of hydrogen-bond acceptors (Lipinski definition) is 3. The van der Waals surface area contributed by atoms with E-state index in [2.05, 4.69) is 12.1 Å². The molecule has 0 spiro atoms. The van der Waals surface area contributed by atoms with Gasteiger partial charge in [-0.3, -0.25) is 0 Å². The van der Waals surface area contributed by atoms with Gasteiger partial charge < -0.3 is 5.73 Å². The van der Waals surface area contributed by atoms with Gasteiger partial charge in [0, 0.05) is 6.04 Å². The number of hydrogen-bond donors (Lipinski definition) is 1. The van der Waals surface area contributed by atoms with E-state index in [1.54, 1.807) is 20.8 Å². The predicted molar refractivity (Wildman–Crippen MR) is 78.7 cm³/mol. The molecule has 3 nitrogen and oxygen atoms in total. The molecule has 2 atom stereocenters. The molecular weight excluding hydrogens is 258 g/mol. The Bertz CT molecular complexity index is 558. The SMILES string of the molecule is CC(C)(C)S(=O)(=O)CCC1Cc2ccccc2C1N. The van der Waals surface area contributed by atoms with Gasteiger partial charge in [0.15, 0.2) is 9.84 Å². The first-order valence-electron chi connectivity index (χ1n) is 6.78. The van der Waals surface area contributed by atoms with Crippen molar-refractivity contribution in [1.82, 2.24) is 0 Å². The quantitative estimate of drug-likeness (QED) is 0.926. The average Bonchev–Trinajstić information content (AvgIpc) is 2.63. The number of benzene rings is 1. The Morgan fingerprint density at radius 3 is 2.47 bits per heavy atom. The van der Waals surface area contributed by atoms with Crippen LogP contribution in [0.4, 0.5) is 0 Å². The van der Waals surface area contributed by atoms with E-state index >= 15 is 0 Å². The van der Waals surface area contributed by atoms with E-state index in [0.717, 1.165) is 6.42 Å². The topological polar surface area (TPSA) is 60.2 Å². The van der Waals surface area contributed by atoms with Crippen LogP contribution < -0.4 is 5.73 Å². The van der Waals surface area contributed by atoms with Crippen LogP contribution in [0.15, 0.2) is 24.3 Å². The van der Waals surface area contributed by atoms with E-state index in [4.69, 9.17) is 5.73 Å². The van der Waals surface area contributed by atoms with E-state index in [-0.39, 0.29) is 17.7 Å². The Labute approximate surface area is 116 Å². The third-order valence-electron chi connectivity index (χ3n) is 4.09. The van der Waals surface area contributed by atoms with Crippen molar-refractivity contribution in [3.63, 3.8) is 0 Å². The summed E-state index contributed by atoms with van der Waals surface area (Å²) in [6, 6.07) is 8.13. The maximum absolute atomic E-state index is 12.1. The standard InChI is InChI=1S/C15H23NO2S/c1-15(2,3)19(17,18)9-8-12-10-11-6-4-5-7-13(11)14(12)16/h4-7,12,14H,8-10,16H2,1-3H3. The number of fused-ring (bicyclic) bond motifs is 1. The molecule has 2 N–H and O–H groups in total. The molecule has 0 saturated carbocycles. The fraction of sp³-hybridized carbons (Fsp3) is 0.600. The van der Waals surface area contributed by atoms with Crippen molar-refractivity contribution in [2.24, 2.45) is 11.7 Å². The summed E-state index contributed by atoms with van der Waals surface area (Å²) >= 11 is 0. The summed E-state index contributed by atoms with van der Waals surface area (Å²) < 4.78 is 23.6. The number of nitrogens with two attached hydrogens (primary N) is 1. The molecule has 0 saturated heterocycles. The molecule has 1 aromatic carbocycles. The van der Waals surface area contributed by atoms with Crippen molar-refractivity contribution in [2.45, 2.75) is 44.4 Å². The Hall–Kier alpha value is -0.870. The zero-order valence-corrected chi connectivity index (χ0v) is 12.7. The molecule has 0 aromatic heterocycles. The molecule has 1 aromatic rings. The molecule has 19 heavy (non-hydrogen) atoms. The second-order valence-corrected chi connectivity index (χ2v) is 9.27. The van der Waals surface area contributed by atoms with Gasteiger partial charge in [-0.05, 0) is 50.7 Å². The van der Waals surface area contributed by atoms with Crippen LogP contribution in [0.5, 0.6) is 0 Å². The lowest BCUT2D eigenvalue weighted by atomic mass is 9.99. The highest BCUT2D eigenvalue weighted by Gasteiger charge is 2.33. The van der Waals surface area contributed by atoms with Crippen molar-refractivity contribution < 1.29 is 8.42 Å². The molecule has 0 radical (unpaired) electrons. The summed E-state index contributed by atoms with van der Waals surface area (Å²) in [5, 5.41) is 0. The molecule has 106 valence electrons. The maximum Gasteiger partial charge on any atom is 0.155 e.